The lowest BCUT2D eigenvalue weighted by Gasteiger charge is -2.20. The van der Waals surface area contributed by atoms with Crippen molar-refractivity contribution >= 4 is 10.8 Å². The molecule has 0 spiro atoms. The highest BCUT2D eigenvalue weighted by molar-refractivity contribution is 5.94. The van der Waals surface area contributed by atoms with Crippen molar-refractivity contribution in [2.75, 3.05) is 0 Å². The molecular weight excluding hydrogens is 290 g/mol. The fourth-order valence-corrected chi connectivity index (χ4v) is 3.26. The summed E-state index contributed by atoms with van der Waals surface area (Å²) < 4.78 is 10.8. The second kappa shape index (κ2) is 5.73. The molecule has 1 aromatic heterocycles. The Hall–Kier alpha value is -2.15. The molecule has 0 saturated heterocycles. The van der Waals surface area contributed by atoms with E-state index in [0.717, 1.165) is 16.5 Å². The van der Waals surface area contributed by atoms with Crippen LogP contribution in [0.15, 0.2) is 42.4 Å². The predicted octanol–water partition coefficient (Wildman–Crippen LogP) is 5.55. The molecule has 24 heavy (non-hydrogen) atoms. The van der Waals surface area contributed by atoms with E-state index < -0.39 is 0 Å². The zero-order valence-electron chi connectivity index (χ0n) is 16.9. The third kappa shape index (κ3) is 2.84. The molecule has 124 valence electrons. The molecule has 0 radical (unpaired) electrons. The number of pyridine rings is 1. The van der Waals surface area contributed by atoms with Crippen LogP contribution >= 0.6 is 0 Å². The van der Waals surface area contributed by atoms with Crippen LogP contribution in [0.4, 0.5) is 0 Å². The van der Waals surface area contributed by atoms with E-state index in [1.807, 2.05) is 6.92 Å². The van der Waals surface area contributed by atoms with Crippen LogP contribution in [0.1, 0.15) is 44.5 Å². The van der Waals surface area contributed by atoms with E-state index in [0.29, 0.717) is 6.04 Å². The van der Waals surface area contributed by atoms with Gasteiger partial charge in [0.15, 0.2) is 5.69 Å². The number of aryl methyl sites for hydroxylation is 2. The van der Waals surface area contributed by atoms with E-state index in [2.05, 4.69) is 82.6 Å². The summed E-state index contributed by atoms with van der Waals surface area (Å²) in [5, 5.41) is 2.19. The zero-order valence-corrected chi connectivity index (χ0v) is 15.9. The van der Waals surface area contributed by atoms with Gasteiger partial charge in [-0.05, 0) is 47.9 Å². The lowest BCUT2D eigenvalue weighted by molar-refractivity contribution is -0.665. The summed E-state index contributed by atoms with van der Waals surface area (Å²) in [5.41, 5.74) is 7.31. The van der Waals surface area contributed by atoms with Gasteiger partial charge in [-0.1, -0.05) is 50.6 Å². The average molecular weight is 319 g/mol. The molecule has 0 fully saturated rings. The number of hydrogen-bond donors (Lipinski definition) is 0. The molecular formula is C23H28N+. The number of aromatic nitrogens is 1. The monoisotopic (exact) mass is 319 g/mol. The summed E-state index contributed by atoms with van der Waals surface area (Å²) in [6.07, 6.45) is 0. The summed E-state index contributed by atoms with van der Waals surface area (Å²) in [5.74, 6) is 0. The fourth-order valence-electron chi connectivity index (χ4n) is 3.26. The van der Waals surface area contributed by atoms with Crippen LogP contribution in [-0.2, 0) is 12.5 Å². The van der Waals surface area contributed by atoms with Gasteiger partial charge < -0.3 is 0 Å². The Kier molecular flexibility index (Phi) is 3.68. The minimum atomic E-state index is 0.0754. The SMILES string of the molecule is [2H]c1c(C)[n+](C)c(-c2cc(C)ccc2C)c2ccc(C(C)(C)C)cc12. The summed E-state index contributed by atoms with van der Waals surface area (Å²) >= 11 is 0. The van der Waals surface area contributed by atoms with Gasteiger partial charge in [0.1, 0.15) is 7.05 Å². The van der Waals surface area contributed by atoms with Crippen LogP contribution in [0.2, 0.25) is 0 Å². The van der Waals surface area contributed by atoms with Gasteiger partial charge in [-0.2, -0.15) is 4.57 Å². The van der Waals surface area contributed by atoms with Crippen molar-refractivity contribution in [1.29, 1.82) is 0 Å². The van der Waals surface area contributed by atoms with Crippen LogP contribution in [-0.4, -0.2) is 0 Å². The second-order valence-corrected chi connectivity index (χ2v) is 7.95. The standard InChI is InChI=1S/C23H28N/c1-15-8-9-16(2)21(12-15)22-20-11-10-19(23(4,5)6)14-18(20)13-17(3)24(22)7/h8-14H,1-7H3/q+1/i13D. The van der Waals surface area contributed by atoms with Crippen LogP contribution in [0.3, 0.4) is 0 Å². The molecule has 1 heterocycles. The molecule has 0 aliphatic rings. The van der Waals surface area contributed by atoms with Crippen molar-refractivity contribution in [3.8, 4) is 11.3 Å². The summed E-state index contributed by atoms with van der Waals surface area (Å²) in [6, 6.07) is 13.8. The third-order valence-electron chi connectivity index (χ3n) is 4.94. The van der Waals surface area contributed by atoms with Gasteiger partial charge in [-0.15, -0.1) is 0 Å². The van der Waals surface area contributed by atoms with Crippen LogP contribution < -0.4 is 4.57 Å². The van der Waals surface area contributed by atoms with E-state index in [1.54, 1.807) is 0 Å². The molecule has 3 rings (SSSR count). The molecule has 0 aliphatic heterocycles. The number of rotatable bonds is 1. The quantitative estimate of drug-likeness (QED) is 0.517. The van der Waals surface area contributed by atoms with Gasteiger partial charge in [0.25, 0.3) is 0 Å². The minimum Gasteiger partial charge on any atom is -0.198 e. The Morgan fingerprint density at radius 1 is 0.958 bits per heavy atom. The summed E-state index contributed by atoms with van der Waals surface area (Å²) in [6.45, 7) is 13.0. The van der Waals surface area contributed by atoms with Crippen LogP contribution in [0, 0.1) is 20.8 Å². The van der Waals surface area contributed by atoms with Gasteiger partial charge in [0.05, 0.1) is 6.76 Å². The van der Waals surface area contributed by atoms with Gasteiger partial charge in [-0.25, -0.2) is 0 Å². The Balaban J connectivity index is 2.45. The van der Waals surface area contributed by atoms with Crippen molar-refractivity contribution < 1.29 is 5.94 Å². The molecule has 2 aromatic carbocycles. The first-order valence-electron chi connectivity index (χ1n) is 9.12. The van der Waals surface area contributed by atoms with E-state index in [9.17, 15) is 0 Å². The van der Waals surface area contributed by atoms with Gasteiger partial charge in [0, 0.05) is 18.5 Å². The Bertz CT molecular complexity index is 978. The van der Waals surface area contributed by atoms with E-state index in [1.165, 1.54) is 27.9 Å². The van der Waals surface area contributed by atoms with Crippen LogP contribution in [0.5, 0.6) is 0 Å². The number of fused-ring (bicyclic) bond motifs is 1. The lowest BCUT2D eigenvalue weighted by atomic mass is 9.85. The van der Waals surface area contributed by atoms with Crippen molar-refractivity contribution in [3.63, 3.8) is 0 Å². The van der Waals surface area contributed by atoms with E-state index in [-0.39, 0.29) is 5.41 Å². The fraction of sp³-hybridized carbons (Fsp3) is 0.348. The predicted molar refractivity (Wildman–Crippen MR) is 103 cm³/mol. The third-order valence-corrected chi connectivity index (χ3v) is 4.94. The molecule has 1 nitrogen and oxygen atoms in total. The Labute approximate surface area is 147 Å². The van der Waals surface area contributed by atoms with Crippen LogP contribution in [0.25, 0.3) is 22.0 Å². The van der Waals surface area contributed by atoms with Gasteiger partial charge in [-0.3, -0.25) is 0 Å². The highest BCUT2D eigenvalue weighted by atomic mass is 14.9. The van der Waals surface area contributed by atoms with Crippen molar-refractivity contribution in [3.05, 3.63) is 64.8 Å². The van der Waals surface area contributed by atoms with E-state index >= 15 is 0 Å². The molecule has 1 heteroatoms. The highest BCUT2D eigenvalue weighted by Crippen LogP contribution is 2.32. The summed E-state index contributed by atoms with van der Waals surface area (Å²) in [7, 11) is 2.07. The molecule has 0 amide bonds. The number of hydrogen-bond acceptors (Lipinski definition) is 0. The first kappa shape index (κ1) is 15.4. The maximum Gasteiger partial charge on any atom is 0.220 e. The lowest BCUT2D eigenvalue weighted by Crippen LogP contribution is -2.35. The second-order valence-electron chi connectivity index (χ2n) is 7.95. The normalized spacial score (nSPS) is 12.5. The average Bonchev–Trinajstić information content (AvgIpc) is 2.55. The van der Waals surface area contributed by atoms with Crippen molar-refractivity contribution in [1.82, 2.24) is 0 Å². The maximum absolute atomic E-state index is 8.66. The minimum absolute atomic E-state index is 0.0754. The van der Waals surface area contributed by atoms with Crippen molar-refractivity contribution in [2.45, 2.75) is 47.0 Å². The first-order valence-corrected chi connectivity index (χ1v) is 8.62. The molecule has 0 unspecified atom stereocenters. The number of nitrogens with zero attached hydrogens (tertiary/aromatic N) is 1. The van der Waals surface area contributed by atoms with Crippen molar-refractivity contribution in [2.24, 2.45) is 7.05 Å². The van der Waals surface area contributed by atoms with Gasteiger partial charge in [0.2, 0.25) is 5.69 Å². The molecule has 3 aromatic rings. The Morgan fingerprint density at radius 3 is 2.33 bits per heavy atom. The largest absolute Gasteiger partial charge is 0.220 e. The maximum atomic E-state index is 8.66. The molecule has 0 N–H and O–H groups in total. The topological polar surface area (TPSA) is 3.88 Å². The Morgan fingerprint density at radius 2 is 1.67 bits per heavy atom. The molecule has 0 aliphatic carbocycles. The van der Waals surface area contributed by atoms with E-state index in [4.69, 9.17) is 1.37 Å². The highest BCUT2D eigenvalue weighted by Gasteiger charge is 2.21. The molecule has 0 atom stereocenters. The zero-order chi connectivity index (χ0) is 18.5. The smallest absolute Gasteiger partial charge is 0.198 e. The van der Waals surface area contributed by atoms with Gasteiger partial charge >= 0.3 is 0 Å². The number of benzene rings is 2. The molecule has 0 bridgehead atoms. The molecule has 0 saturated carbocycles. The first-order chi connectivity index (χ1) is 11.6. The summed E-state index contributed by atoms with van der Waals surface area (Å²) in [4.78, 5) is 0.